The van der Waals surface area contributed by atoms with Gasteiger partial charge in [0.1, 0.15) is 0 Å². The summed E-state index contributed by atoms with van der Waals surface area (Å²) in [6.45, 7) is 0. The van der Waals surface area contributed by atoms with Crippen molar-refractivity contribution in [1.29, 1.82) is 0 Å². The number of nitrogens with one attached hydrogen (secondary N) is 3. The average molecular weight is 327 g/mol. The maximum Gasteiger partial charge on any atom is 0.337 e. The van der Waals surface area contributed by atoms with Crippen molar-refractivity contribution in [3.63, 3.8) is 0 Å². The first kappa shape index (κ1) is 15.0. The number of H-pyrrole nitrogens is 2. The summed E-state index contributed by atoms with van der Waals surface area (Å²) in [6.07, 6.45) is 0. The SMILES string of the molecule is COC(=O)c1cccc(NC(=O)c2ccc3[nH]c(=S)[nH]c3c2)c1. The molecule has 0 atom stereocenters. The molecule has 0 bridgehead atoms. The third kappa shape index (κ3) is 3.14. The van der Waals surface area contributed by atoms with Gasteiger partial charge in [0.15, 0.2) is 4.77 Å². The number of amides is 1. The summed E-state index contributed by atoms with van der Waals surface area (Å²) in [4.78, 5) is 29.8. The molecule has 0 aliphatic carbocycles. The van der Waals surface area contributed by atoms with E-state index in [9.17, 15) is 9.59 Å². The molecule has 6 nitrogen and oxygen atoms in total. The number of hydrogen-bond acceptors (Lipinski definition) is 4. The number of imidazole rings is 1. The number of carbonyl (C=O) groups excluding carboxylic acids is 2. The lowest BCUT2D eigenvalue weighted by Crippen LogP contribution is -2.12. The third-order valence-corrected chi connectivity index (χ3v) is 3.52. The third-order valence-electron chi connectivity index (χ3n) is 3.32. The number of methoxy groups -OCH3 is 1. The Morgan fingerprint density at radius 3 is 2.61 bits per heavy atom. The van der Waals surface area contributed by atoms with Gasteiger partial charge in [0.2, 0.25) is 0 Å². The number of carbonyl (C=O) groups is 2. The van der Waals surface area contributed by atoms with E-state index in [1.165, 1.54) is 7.11 Å². The van der Waals surface area contributed by atoms with Crippen LogP contribution in [0.5, 0.6) is 0 Å². The standard InChI is InChI=1S/C16H13N3O3S/c1-22-15(21)10-3-2-4-11(7-10)17-14(20)9-5-6-12-13(8-9)19-16(23)18-12/h2-8H,1H3,(H,17,20)(H2,18,19,23). The molecule has 0 aliphatic heterocycles. The van der Waals surface area contributed by atoms with Gasteiger partial charge in [0.25, 0.3) is 5.91 Å². The van der Waals surface area contributed by atoms with Crippen LogP contribution in [-0.4, -0.2) is 29.0 Å². The van der Waals surface area contributed by atoms with Gasteiger partial charge < -0.3 is 20.0 Å². The van der Waals surface area contributed by atoms with E-state index < -0.39 is 5.97 Å². The number of ether oxygens (including phenoxy) is 1. The lowest BCUT2D eigenvalue weighted by molar-refractivity contribution is 0.0600. The molecule has 0 fully saturated rings. The zero-order chi connectivity index (χ0) is 16.4. The van der Waals surface area contributed by atoms with Gasteiger partial charge in [-0.1, -0.05) is 6.07 Å². The van der Waals surface area contributed by atoms with Crippen molar-refractivity contribution in [2.45, 2.75) is 0 Å². The van der Waals surface area contributed by atoms with Gasteiger partial charge in [0.05, 0.1) is 23.7 Å². The number of fused-ring (bicyclic) bond motifs is 1. The molecule has 23 heavy (non-hydrogen) atoms. The molecule has 116 valence electrons. The Bertz CT molecular complexity index is 958. The molecule has 1 heterocycles. The van der Waals surface area contributed by atoms with Gasteiger partial charge in [-0.3, -0.25) is 4.79 Å². The zero-order valence-electron chi connectivity index (χ0n) is 12.2. The van der Waals surface area contributed by atoms with Gasteiger partial charge in [0, 0.05) is 11.3 Å². The van der Waals surface area contributed by atoms with Crippen molar-refractivity contribution in [3.05, 3.63) is 58.4 Å². The lowest BCUT2D eigenvalue weighted by atomic mass is 10.1. The summed E-state index contributed by atoms with van der Waals surface area (Å²) < 4.78 is 5.17. The smallest absolute Gasteiger partial charge is 0.337 e. The van der Waals surface area contributed by atoms with Crippen LogP contribution in [-0.2, 0) is 4.74 Å². The first-order valence-corrected chi connectivity index (χ1v) is 7.19. The van der Waals surface area contributed by atoms with Crippen LogP contribution in [0.2, 0.25) is 0 Å². The fraction of sp³-hybridized carbons (Fsp3) is 0.0625. The fourth-order valence-electron chi connectivity index (χ4n) is 2.22. The Morgan fingerprint density at radius 1 is 1.04 bits per heavy atom. The lowest BCUT2D eigenvalue weighted by Gasteiger charge is -2.07. The van der Waals surface area contributed by atoms with Crippen LogP contribution in [0, 0.1) is 4.77 Å². The molecule has 0 saturated carbocycles. The van der Waals surface area contributed by atoms with E-state index in [1.54, 1.807) is 42.5 Å². The molecule has 3 rings (SSSR count). The summed E-state index contributed by atoms with van der Waals surface area (Å²) in [5.74, 6) is -0.739. The summed E-state index contributed by atoms with van der Waals surface area (Å²) in [5.41, 5.74) is 2.95. The molecule has 2 aromatic carbocycles. The number of benzene rings is 2. The van der Waals surface area contributed by atoms with E-state index >= 15 is 0 Å². The predicted molar refractivity (Wildman–Crippen MR) is 89.2 cm³/mol. The maximum atomic E-state index is 12.3. The monoisotopic (exact) mass is 327 g/mol. The highest BCUT2D eigenvalue weighted by molar-refractivity contribution is 7.71. The quantitative estimate of drug-likeness (QED) is 0.509. The normalized spacial score (nSPS) is 10.5. The Balaban J connectivity index is 1.85. The molecular formula is C16H13N3O3S. The number of aromatic nitrogens is 2. The molecule has 0 aliphatic rings. The van der Waals surface area contributed by atoms with E-state index in [2.05, 4.69) is 20.0 Å². The number of aromatic amines is 2. The van der Waals surface area contributed by atoms with Crippen LogP contribution in [0.15, 0.2) is 42.5 Å². The highest BCUT2D eigenvalue weighted by Crippen LogP contribution is 2.16. The topological polar surface area (TPSA) is 87.0 Å². The van der Waals surface area contributed by atoms with Crippen LogP contribution in [0.1, 0.15) is 20.7 Å². The summed E-state index contributed by atoms with van der Waals surface area (Å²) in [6, 6.07) is 11.7. The summed E-state index contributed by atoms with van der Waals surface area (Å²) >= 11 is 5.02. The van der Waals surface area contributed by atoms with E-state index in [4.69, 9.17) is 12.2 Å². The van der Waals surface area contributed by atoms with Crippen molar-refractivity contribution >= 4 is 40.8 Å². The minimum absolute atomic E-state index is 0.283. The Labute approximate surface area is 136 Å². The molecule has 1 amide bonds. The van der Waals surface area contributed by atoms with Gasteiger partial charge in [-0.2, -0.15) is 0 Å². The first-order valence-electron chi connectivity index (χ1n) is 6.78. The molecule has 3 aromatic rings. The van der Waals surface area contributed by atoms with Crippen LogP contribution in [0.3, 0.4) is 0 Å². The predicted octanol–water partition coefficient (Wildman–Crippen LogP) is 3.26. The van der Waals surface area contributed by atoms with Crippen molar-refractivity contribution < 1.29 is 14.3 Å². The second-order valence-electron chi connectivity index (χ2n) is 4.87. The maximum absolute atomic E-state index is 12.3. The van der Waals surface area contributed by atoms with E-state index in [-0.39, 0.29) is 5.91 Å². The van der Waals surface area contributed by atoms with Gasteiger partial charge in [-0.15, -0.1) is 0 Å². The van der Waals surface area contributed by atoms with Crippen LogP contribution in [0.4, 0.5) is 5.69 Å². The highest BCUT2D eigenvalue weighted by atomic mass is 32.1. The summed E-state index contributed by atoms with van der Waals surface area (Å²) in [5, 5.41) is 2.75. The number of hydrogen-bond donors (Lipinski definition) is 3. The van der Waals surface area contributed by atoms with E-state index in [0.717, 1.165) is 11.0 Å². The Morgan fingerprint density at radius 2 is 1.83 bits per heavy atom. The molecule has 7 heteroatoms. The molecule has 0 unspecified atom stereocenters. The Hall–Kier alpha value is -2.93. The fourth-order valence-corrected chi connectivity index (χ4v) is 2.44. The number of esters is 1. The highest BCUT2D eigenvalue weighted by Gasteiger charge is 2.10. The van der Waals surface area contributed by atoms with Crippen molar-refractivity contribution in [2.24, 2.45) is 0 Å². The molecule has 3 N–H and O–H groups in total. The average Bonchev–Trinajstić information content (AvgIpc) is 2.93. The van der Waals surface area contributed by atoms with Crippen molar-refractivity contribution in [3.8, 4) is 0 Å². The van der Waals surface area contributed by atoms with E-state index in [0.29, 0.717) is 21.6 Å². The zero-order valence-corrected chi connectivity index (χ0v) is 13.0. The summed E-state index contributed by atoms with van der Waals surface area (Å²) in [7, 11) is 1.31. The van der Waals surface area contributed by atoms with Crippen molar-refractivity contribution in [2.75, 3.05) is 12.4 Å². The molecule has 0 saturated heterocycles. The van der Waals surface area contributed by atoms with Crippen LogP contribution in [0.25, 0.3) is 11.0 Å². The van der Waals surface area contributed by atoms with Crippen LogP contribution >= 0.6 is 12.2 Å². The molecule has 0 spiro atoms. The van der Waals surface area contributed by atoms with Gasteiger partial charge in [-0.25, -0.2) is 4.79 Å². The second kappa shape index (κ2) is 6.05. The van der Waals surface area contributed by atoms with Crippen molar-refractivity contribution in [1.82, 2.24) is 9.97 Å². The molecule has 1 aromatic heterocycles. The first-order chi connectivity index (χ1) is 11.1. The van der Waals surface area contributed by atoms with Crippen LogP contribution < -0.4 is 5.32 Å². The number of rotatable bonds is 3. The largest absolute Gasteiger partial charge is 0.465 e. The minimum Gasteiger partial charge on any atom is -0.465 e. The number of anilines is 1. The minimum atomic E-state index is -0.456. The second-order valence-corrected chi connectivity index (χ2v) is 5.27. The van der Waals surface area contributed by atoms with Gasteiger partial charge >= 0.3 is 5.97 Å². The van der Waals surface area contributed by atoms with Gasteiger partial charge in [-0.05, 0) is 48.6 Å². The molecule has 0 radical (unpaired) electrons. The van der Waals surface area contributed by atoms with E-state index in [1.807, 2.05) is 0 Å². The molecular weight excluding hydrogens is 314 g/mol. The Kier molecular flexibility index (Phi) is 3.94.